The molecule has 12 heteroatoms. The maximum atomic E-state index is 13.5. The van der Waals surface area contributed by atoms with Crippen molar-refractivity contribution in [3.63, 3.8) is 0 Å². The summed E-state index contributed by atoms with van der Waals surface area (Å²) in [7, 11) is 0. The first-order valence-electron chi connectivity index (χ1n) is 12.5. The molecule has 2 fully saturated rings. The van der Waals surface area contributed by atoms with Gasteiger partial charge in [-0.05, 0) is 55.2 Å². The molecular formula is C27H28F3N3O6. The Kier molecular flexibility index (Phi) is 8.12. The number of carbonyl (C=O) groups excluding carboxylic acids is 4. The summed E-state index contributed by atoms with van der Waals surface area (Å²) in [5, 5.41) is 0. The minimum absolute atomic E-state index is 0.0164. The lowest BCUT2D eigenvalue weighted by molar-refractivity contribution is -0.154. The van der Waals surface area contributed by atoms with Gasteiger partial charge in [0.05, 0.1) is 31.8 Å². The number of hydrogen-bond acceptors (Lipinski definition) is 6. The van der Waals surface area contributed by atoms with E-state index in [1.807, 2.05) is 0 Å². The van der Waals surface area contributed by atoms with Gasteiger partial charge >= 0.3 is 24.3 Å². The van der Waals surface area contributed by atoms with Crippen molar-refractivity contribution < 1.29 is 41.8 Å². The van der Waals surface area contributed by atoms with Crippen molar-refractivity contribution in [2.75, 3.05) is 37.7 Å². The van der Waals surface area contributed by atoms with Gasteiger partial charge < -0.3 is 14.4 Å². The van der Waals surface area contributed by atoms with E-state index in [9.17, 15) is 32.3 Å². The number of nitrogens with zero attached hydrogens (tertiary/aromatic N) is 3. The molecule has 0 saturated carbocycles. The molecule has 4 rings (SSSR count). The highest BCUT2D eigenvalue weighted by Crippen LogP contribution is 2.34. The number of rotatable bonds is 8. The number of hydrogen-bond donors (Lipinski definition) is 0. The minimum atomic E-state index is -4.60. The van der Waals surface area contributed by atoms with Crippen molar-refractivity contribution >= 4 is 29.7 Å². The van der Waals surface area contributed by atoms with Crippen LogP contribution in [0, 0.1) is 12.8 Å². The zero-order valence-corrected chi connectivity index (χ0v) is 21.5. The topological polar surface area (TPSA) is 96.5 Å². The Bertz CT molecular complexity index is 1260. The van der Waals surface area contributed by atoms with Crippen LogP contribution in [0.15, 0.2) is 42.5 Å². The van der Waals surface area contributed by atoms with E-state index in [4.69, 9.17) is 9.47 Å². The SMILES string of the molecule is CCOC(=O)C1CN(c2ccc(CCN3CCOC3=O)cc2)C(=O)N(Cc2cccc(C(F)(F)F)c2C)C1=O. The number of carbonyl (C=O) groups is 4. The molecule has 2 aliphatic rings. The maximum absolute atomic E-state index is 13.5. The number of imide groups is 1. The lowest BCUT2D eigenvalue weighted by atomic mass is 9.99. The highest BCUT2D eigenvalue weighted by Gasteiger charge is 2.44. The van der Waals surface area contributed by atoms with Gasteiger partial charge in [-0.3, -0.25) is 19.4 Å². The van der Waals surface area contributed by atoms with Crippen molar-refractivity contribution in [3.8, 4) is 0 Å². The van der Waals surface area contributed by atoms with Crippen LogP contribution in [0.2, 0.25) is 0 Å². The molecule has 0 aliphatic carbocycles. The molecule has 39 heavy (non-hydrogen) atoms. The first kappa shape index (κ1) is 27.9. The highest BCUT2D eigenvalue weighted by molar-refractivity contribution is 6.12. The van der Waals surface area contributed by atoms with Gasteiger partial charge in [0.2, 0.25) is 5.91 Å². The van der Waals surface area contributed by atoms with E-state index in [-0.39, 0.29) is 30.4 Å². The van der Waals surface area contributed by atoms with Crippen molar-refractivity contribution in [2.45, 2.75) is 33.0 Å². The first-order valence-corrected chi connectivity index (χ1v) is 12.5. The van der Waals surface area contributed by atoms with Crippen LogP contribution in [0.4, 0.5) is 28.4 Å². The van der Waals surface area contributed by atoms with Gasteiger partial charge in [0.25, 0.3) is 0 Å². The number of benzene rings is 2. The largest absolute Gasteiger partial charge is 0.465 e. The normalized spacial score (nSPS) is 18.0. The van der Waals surface area contributed by atoms with E-state index in [1.165, 1.54) is 24.0 Å². The van der Waals surface area contributed by atoms with Crippen LogP contribution in [0.5, 0.6) is 0 Å². The van der Waals surface area contributed by atoms with Crippen LogP contribution in [-0.2, 0) is 38.2 Å². The summed E-state index contributed by atoms with van der Waals surface area (Å²) in [6.07, 6.45) is -4.42. The van der Waals surface area contributed by atoms with Crippen molar-refractivity contribution in [3.05, 3.63) is 64.7 Å². The summed E-state index contributed by atoms with van der Waals surface area (Å²) in [5.74, 6) is -2.99. The number of urea groups is 1. The number of anilines is 1. The van der Waals surface area contributed by atoms with Gasteiger partial charge in [-0.25, -0.2) is 9.59 Å². The minimum Gasteiger partial charge on any atom is -0.465 e. The quantitative estimate of drug-likeness (QED) is 0.364. The molecule has 0 aromatic heterocycles. The van der Waals surface area contributed by atoms with Crippen molar-refractivity contribution in [1.29, 1.82) is 0 Å². The standard InChI is InChI=1S/C27H28F3N3O6/c1-3-38-24(35)21-16-32(20-9-7-18(8-10-20)11-12-31-13-14-39-26(31)37)25(36)33(23(21)34)15-19-5-4-6-22(17(19)2)27(28,29)30/h4-10,21H,3,11-16H2,1-2H3. The molecule has 1 unspecified atom stereocenters. The van der Waals surface area contributed by atoms with Crippen LogP contribution in [-0.4, -0.2) is 66.6 Å². The van der Waals surface area contributed by atoms with E-state index in [0.29, 0.717) is 31.8 Å². The fourth-order valence-corrected chi connectivity index (χ4v) is 4.61. The van der Waals surface area contributed by atoms with Crippen LogP contribution in [0.1, 0.15) is 29.2 Å². The molecule has 0 spiro atoms. The Morgan fingerprint density at radius 3 is 2.44 bits per heavy atom. The van der Waals surface area contributed by atoms with E-state index in [2.05, 4.69) is 0 Å². The molecule has 4 amide bonds. The lowest BCUT2D eigenvalue weighted by Gasteiger charge is -2.38. The zero-order valence-electron chi connectivity index (χ0n) is 21.5. The summed E-state index contributed by atoms with van der Waals surface area (Å²) in [4.78, 5) is 54.6. The van der Waals surface area contributed by atoms with Crippen LogP contribution in [0.25, 0.3) is 0 Å². The molecule has 208 valence electrons. The van der Waals surface area contributed by atoms with E-state index >= 15 is 0 Å². The van der Waals surface area contributed by atoms with E-state index < -0.39 is 42.1 Å². The third-order valence-electron chi connectivity index (χ3n) is 6.81. The molecule has 0 bridgehead atoms. The molecule has 2 aliphatic heterocycles. The molecule has 0 radical (unpaired) electrons. The van der Waals surface area contributed by atoms with Gasteiger partial charge in [-0.2, -0.15) is 13.2 Å². The van der Waals surface area contributed by atoms with Crippen molar-refractivity contribution in [1.82, 2.24) is 9.80 Å². The Morgan fingerprint density at radius 1 is 1.10 bits per heavy atom. The monoisotopic (exact) mass is 547 g/mol. The van der Waals surface area contributed by atoms with Crippen LogP contribution in [0.3, 0.4) is 0 Å². The van der Waals surface area contributed by atoms with Gasteiger partial charge in [-0.1, -0.05) is 24.3 Å². The molecule has 2 aromatic rings. The molecule has 1 atom stereocenters. The smallest absolute Gasteiger partial charge is 0.416 e. The zero-order chi connectivity index (χ0) is 28.3. The highest BCUT2D eigenvalue weighted by atomic mass is 19.4. The Balaban J connectivity index is 1.59. The fraction of sp³-hybridized carbons (Fsp3) is 0.407. The summed E-state index contributed by atoms with van der Waals surface area (Å²) < 4.78 is 50.3. The van der Waals surface area contributed by atoms with Crippen molar-refractivity contribution in [2.24, 2.45) is 5.92 Å². The summed E-state index contributed by atoms with van der Waals surface area (Å²) >= 11 is 0. The number of cyclic esters (lactones) is 1. The van der Waals surface area contributed by atoms with Gasteiger partial charge in [0, 0.05) is 12.2 Å². The van der Waals surface area contributed by atoms with Gasteiger partial charge in [0.1, 0.15) is 6.61 Å². The first-order chi connectivity index (χ1) is 18.5. The van der Waals surface area contributed by atoms with Crippen LogP contribution >= 0.6 is 0 Å². The third-order valence-corrected chi connectivity index (χ3v) is 6.81. The second-order valence-corrected chi connectivity index (χ2v) is 9.23. The van der Waals surface area contributed by atoms with Gasteiger partial charge in [0.15, 0.2) is 5.92 Å². The molecule has 2 saturated heterocycles. The maximum Gasteiger partial charge on any atom is 0.416 e. The Hall–Kier alpha value is -4.09. The number of esters is 1. The average molecular weight is 548 g/mol. The summed E-state index contributed by atoms with van der Waals surface area (Å²) in [6, 6.07) is 9.63. The average Bonchev–Trinajstić information content (AvgIpc) is 3.30. The number of amides is 4. The molecule has 2 aromatic carbocycles. The van der Waals surface area contributed by atoms with Gasteiger partial charge in [-0.15, -0.1) is 0 Å². The molecule has 9 nitrogen and oxygen atoms in total. The number of halogens is 3. The Morgan fingerprint density at radius 2 is 1.82 bits per heavy atom. The van der Waals surface area contributed by atoms with E-state index in [1.54, 1.807) is 36.1 Å². The molecule has 0 N–H and O–H groups in total. The summed E-state index contributed by atoms with van der Waals surface area (Å²) in [5.41, 5.74) is 0.441. The fourth-order valence-electron chi connectivity index (χ4n) is 4.61. The predicted octanol–water partition coefficient (Wildman–Crippen LogP) is 4.16. The lowest BCUT2D eigenvalue weighted by Crippen LogP contribution is -2.58. The number of alkyl halides is 3. The Labute approximate surface area is 223 Å². The molecular weight excluding hydrogens is 519 g/mol. The van der Waals surface area contributed by atoms with Crippen LogP contribution < -0.4 is 4.90 Å². The predicted molar refractivity (Wildman–Crippen MR) is 133 cm³/mol. The van der Waals surface area contributed by atoms with E-state index in [0.717, 1.165) is 16.5 Å². The second-order valence-electron chi connectivity index (χ2n) is 9.23. The number of ether oxygens (including phenoxy) is 2. The second kappa shape index (κ2) is 11.3. The summed E-state index contributed by atoms with van der Waals surface area (Å²) in [6.45, 7) is 3.50. The molecule has 2 heterocycles. The third kappa shape index (κ3) is 5.99.